The number of methoxy groups -OCH3 is 1. The fourth-order valence-electron chi connectivity index (χ4n) is 1.92. The molecule has 0 heterocycles. The second kappa shape index (κ2) is 7.25. The van der Waals surface area contributed by atoms with Crippen molar-refractivity contribution in [2.45, 2.75) is 45.7 Å². The minimum Gasteiger partial charge on any atom is -0.383 e. The predicted molar refractivity (Wildman–Crippen MR) is 68.8 cm³/mol. The molecule has 0 aromatic carbocycles. The Bertz CT molecular complexity index is 181. The lowest BCUT2D eigenvalue weighted by molar-refractivity contribution is 0.114. The van der Waals surface area contributed by atoms with E-state index >= 15 is 0 Å². The van der Waals surface area contributed by atoms with Gasteiger partial charge in [0, 0.05) is 38.8 Å². The third-order valence-corrected chi connectivity index (χ3v) is 3.08. The molecule has 0 aromatic heterocycles. The molecule has 1 rings (SSSR count). The van der Waals surface area contributed by atoms with Gasteiger partial charge in [-0.15, -0.1) is 0 Å². The quantitative estimate of drug-likeness (QED) is 0.650. The summed E-state index contributed by atoms with van der Waals surface area (Å²) in [6.45, 7) is 11.0. The molecule has 0 radical (unpaired) electrons. The molecule has 1 unspecified atom stereocenters. The highest BCUT2D eigenvalue weighted by Crippen LogP contribution is 2.18. The van der Waals surface area contributed by atoms with Crippen LogP contribution in [0.25, 0.3) is 0 Å². The van der Waals surface area contributed by atoms with Gasteiger partial charge in [0.05, 0.1) is 6.61 Å². The third kappa shape index (κ3) is 5.83. The van der Waals surface area contributed by atoms with Crippen molar-refractivity contribution in [2.75, 3.05) is 33.4 Å². The van der Waals surface area contributed by atoms with Crippen LogP contribution in [-0.2, 0) is 4.74 Å². The summed E-state index contributed by atoms with van der Waals surface area (Å²) in [6, 6.07) is 1.42. The van der Waals surface area contributed by atoms with E-state index in [9.17, 15) is 0 Å². The van der Waals surface area contributed by atoms with Gasteiger partial charge in [-0.05, 0) is 25.7 Å². The SMILES string of the molecule is COCCN(CC(C)C)C(C)CNC1CC1. The molecule has 1 aliphatic carbocycles. The lowest BCUT2D eigenvalue weighted by Gasteiger charge is -2.30. The number of hydrogen-bond acceptors (Lipinski definition) is 3. The Morgan fingerprint density at radius 3 is 2.50 bits per heavy atom. The fraction of sp³-hybridized carbons (Fsp3) is 1.00. The average molecular weight is 228 g/mol. The van der Waals surface area contributed by atoms with Crippen LogP contribution < -0.4 is 5.32 Å². The Kier molecular flexibility index (Phi) is 6.32. The van der Waals surface area contributed by atoms with E-state index in [0.717, 1.165) is 38.2 Å². The zero-order valence-electron chi connectivity index (χ0n) is 11.3. The van der Waals surface area contributed by atoms with E-state index < -0.39 is 0 Å². The number of ether oxygens (including phenoxy) is 1. The summed E-state index contributed by atoms with van der Waals surface area (Å²) < 4.78 is 5.18. The van der Waals surface area contributed by atoms with Crippen LogP contribution in [0.1, 0.15) is 33.6 Å². The Labute approximate surface area is 101 Å². The molecule has 96 valence electrons. The molecule has 3 heteroatoms. The van der Waals surface area contributed by atoms with E-state index in [-0.39, 0.29) is 0 Å². The molecule has 0 spiro atoms. The summed E-state index contributed by atoms with van der Waals surface area (Å²) in [6.07, 6.45) is 2.74. The minimum absolute atomic E-state index is 0.609. The van der Waals surface area contributed by atoms with Crippen LogP contribution in [0.2, 0.25) is 0 Å². The second-order valence-corrected chi connectivity index (χ2v) is 5.41. The number of rotatable bonds is 9. The monoisotopic (exact) mass is 228 g/mol. The lowest BCUT2D eigenvalue weighted by atomic mass is 10.1. The molecule has 0 saturated heterocycles. The van der Waals surface area contributed by atoms with Gasteiger partial charge in [0.25, 0.3) is 0 Å². The first-order valence-corrected chi connectivity index (χ1v) is 6.59. The Balaban J connectivity index is 2.25. The first-order chi connectivity index (χ1) is 7.63. The molecule has 3 nitrogen and oxygen atoms in total. The number of nitrogens with zero attached hydrogens (tertiary/aromatic N) is 1. The van der Waals surface area contributed by atoms with Crippen LogP contribution in [-0.4, -0.2) is 50.3 Å². The first kappa shape index (κ1) is 13.9. The summed E-state index contributed by atoms with van der Waals surface area (Å²) >= 11 is 0. The smallest absolute Gasteiger partial charge is 0.0589 e. The predicted octanol–water partition coefficient (Wildman–Crippen LogP) is 1.73. The topological polar surface area (TPSA) is 24.5 Å². The summed E-state index contributed by atoms with van der Waals surface area (Å²) in [7, 11) is 1.78. The van der Waals surface area contributed by atoms with Crippen LogP contribution in [0.4, 0.5) is 0 Å². The van der Waals surface area contributed by atoms with Gasteiger partial charge in [0.15, 0.2) is 0 Å². The summed E-state index contributed by atoms with van der Waals surface area (Å²) in [5.41, 5.74) is 0. The van der Waals surface area contributed by atoms with Crippen LogP contribution >= 0.6 is 0 Å². The summed E-state index contributed by atoms with van der Waals surface area (Å²) in [5.74, 6) is 0.722. The zero-order chi connectivity index (χ0) is 12.0. The lowest BCUT2D eigenvalue weighted by Crippen LogP contribution is -2.44. The first-order valence-electron chi connectivity index (χ1n) is 6.59. The van der Waals surface area contributed by atoms with Crippen molar-refractivity contribution in [3.05, 3.63) is 0 Å². The second-order valence-electron chi connectivity index (χ2n) is 5.41. The van der Waals surface area contributed by atoms with Crippen LogP contribution in [0, 0.1) is 5.92 Å². The molecule has 16 heavy (non-hydrogen) atoms. The van der Waals surface area contributed by atoms with Crippen molar-refractivity contribution in [3.8, 4) is 0 Å². The van der Waals surface area contributed by atoms with Crippen LogP contribution in [0.15, 0.2) is 0 Å². The largest absolute Gasteiger partial charge is 0.383 e. The van der Waals surface area contributed by atoms with E-state index in [0.29, 0.717) is 6.04 Å². The van der Waals surface area contributed by atoms with Gasteiger partial charge in [-0.25, -0.2) is 0 Å². The standard InChI is InChI=1S/C13H28N2O/c1-11(2)10-15(7-8-16-4)12(3)9-14-13-5-6-13/h11-14H,5-10H2,1-4H3. The van der Waals surface area contributed by atoms with Gasteiger partial charge < -0.3 is 10.1 Å². The van der Waals surface area contributed by atoms with Gasteiger partial charge in [0.2, 0.25) is 0 Å². The van der Waals surface area contributed by atoms with E-state index in [1.807, 2.05) is 0 Å². The normalized spacial score (nSPS) is 18.4. The van der Waals surface area contributed by atoms with Crippen LogP contribution in [0.3, 0.4) is 0 Å². The van der Waals surface area contributed by atoms with E-state index in [2.05, 4.69) is 31.0 Å². The maximum absolute atomic E-state index is 5.18. The van der Waals surface area contributed by atoms with Gasteiger partial charge >= 0.3 is 0 Å². The number of hydrogen-bond donors (Lipinski definition) is 1. The summed E-state index contributed by atoms with van der Waals surface area (Å²) in [5, 5.41) is 3.60. The minimum atomic E-state index is 0.609. The number of nitrogens with one attached hydrogen (secondary N) is 1. The Hall–Kier alpha value is -0.120. The van der Waals surface area contributed by atoms with E-state index in [1.54, 1.807) is 7.11 Å². The van der Waals surface area contributed by atoms with E-state index in [4.69, 9.17) is 4.74 Å². The van der Waals surface area contributed by atoms with Crippen molar-refractivity contribution < 1.29 is 4.74 Å². The molecule has 0 bridgehead atoms. The molecule has 1 atom stereocenters. The third-order valence-electron chi connectivity index (χ3n) is 3.08. The molecule has 1 saturated carbocycles. The zero-order valence-corrected chi connectivity index (χ0v) is 11.3. The van der Waals surface area contributed by atoms with Gasteiger partial charge in [-0.3, -0.25) is 4.90 Å². The average Bonchev–Trinajstić information content (AvgIpc) is 3.04. The molecule has 1 aliphatic rings. The Morgan fingerprint density at radius 2 is 2.00 bits per heavy atom. The van der Waals surface area contributed by atoms with Crippen molar-refractivity contribution in [1.29, 1.82) is 0 Å². The van der Waals surface area contributed by atoms with Crippen LogP contribution in [0.5, 0.6) is 0 Å². The molecule has 1 N–H and O–H groups in total. The van der Waals surface area contributed by atoms with Gasteiger partial charge in [-0.1, -0.05) is 13.8 Å². The van der Waals surface area contributed by atoms with Crippen molar-refractivity contribution in [2.24, 2.45) is 5.92 Å². The van der Waals surface area contributed by atoms with Crippen molar-refractivity contribution in [1.82, 2.24) is 10.2 Å². The summed E-state index contributed by atoms with van der Waals surface area (Å²) in [4.78, 5) is 2.53. The molecular weight excluding hydrogens is 200 g/mol. The molecule has 0 aromatic rings. The maximum Gasteiger partial charge on any atom is 0.0589 e. The molecular formula is C13H28N2O. The molecule has 0 amide bonds. The van der Waals surface area contributed by atoms with Crippen molar-refractivity contribution in [3.63, 3.8) is 0 Å². The Morgan fingerprint density at radius 1 is 1.31 bits per heavy atom. The fourth-order valence-corrected chi connectivity index (χ4v) is 1.92. The maximum atomic E-state index is 5.18. The van der Waals surface area contributed by atoms with Gasteiger partial charge in [-0.2, -0.15) is 0 Å². The highest BCUT2D eigenvalue weighted by Gasteiger charge is 2.22. The van der Waals surface area contributed by atoms with Crippen molar-refractivity contribution >= 4 is 0 Å². The highest BCUT2D eigenvalue weighted by atomic mass is 16.5. The highest BCUT2D eigenvalue weighted by molar-refractivity contribution is 4.83. The molecule has 1 fully saturated rings. The van der Waals surface area contributed by atoms with Gasteiger partial charge in [0.1, 0.15) is 0 Å². The molecule has 0 aliphatic heterocycles. The van der Waals surface area contributed by atoms with E-state index in [1.165, 1.54) is 12.8 Å².